The first-order chi connectivity index (χ1) is 12.0. The molecular weight excluding hydrogens is 365 g/mol. The van der Waals surface area contributed by atoms with Crippen molar-refractivity contribution >= 4 is 40.8 Å². The molecule has 0 bridgehead atoms. The van der Waals surface area contributed by atoms with Crippen LogP contribution in [0.5, 0.6) is 5.75 Å². The molecule has 132 valence electrons. The van der Waals surface area contributed by atoms with Crippen molar-refractivity contribution in [2.45, 2.75) is 13.3 Å². The molecule has 0 saturated carbocycles. The SMILES string of the molecule is Cc1ccc(OCCC(=O)OCC(=O)Nc2c(Cl)cccc2Cl)cc1. The van der Waals surface area contributed by atoms with Gasteiger partial charge in [-0.15, -0.1) is 0 Å². The van der Waals surface area contributed by atoms with Gasteiger partial charge in [0.1, 0.15) is 5.75 Å². The Bertz CT molecular complexity index is 727. The number of esters is 1. The van der Waals surface area contributed by atoms with E-state index in [1.165, 1.54) is 0 Å². The summed E-state index contributed by atoms with van der Waals surface area (Å²) >= 11 is 11.9. The van der Waals surface area contributed by atoms with Crippen molar-refractivity contribution < 1.29 is 19.1 Å². The van der Waals surface area contributed by atoms with Crippen LogP contribution in [-0.2, 0) is 14.3 Å². The second-order valence-electron chi connectivity index (χ2n) is 5.22. The maximum Gasteiger partial charge on any atom is 0.309 e. The van der Waals surface area contributed by atoms with E-state index in [1.807, 2.05) is 31.2 Å². The van der Waals surface area contributed by atoms with Crippen molar-refractivity contribution in [2.24, 2.45) is 0 Å². The minimum absolute atomic E-state index is 0.0357. The predicted molar refractivity (Wildman–Crippen MR) is 97.3 cm³/mol. The summed E-state index contributed by atoms with van der Waals surface area (Å²) < 4.78 is 10.3. The van der Waals surface area contributed by atoms with Crippen LogP contribution in [0.2, 0.25) is 10.0 Å². The molecule has 2 rings (SSSR count). The minimum atomic E-state index is -0.535. The fraction of sp³-hybridized carbons (Fsp3) is 0.222. The zero-order valence-corrected chi connectivity index (χ0v) is 15.1. The van der Waals surface area contributed by atoms with Gasteiger partial charge in [0, 0.05) is 0 Å². The molecule has 2 aromatic rings. The molecule has 0 aliphatic heterocycles. The monoisotopic (exact) mass is 381 g/mol. The lowest BCUT2D eigenvalue weighted by molar-refractivity contribution is -0.147. The summed E-state index contributed by atoms with van der Waals surface area (Å²) in [6.07, 6.45) is 0.0357. The van der Waals surface area contributed by atoms with Gasteiger partial charge in [0.2, 0.25) is 0 Å². The standard InChI is InChI=1S/C18H17Cl2NO4/c1-12-5-7-13(8-6-12)24-10-9-17(23)25-11-16(22)21-18-14(19)3-2-4-15(18)20/h2-8H,9-11H2,1H3,(H,21,22). The van der Waals surface area contributed by atoms with Gasteiger partial charge in [0.15, 0.2) is 6.61 Å². The number of ether oxygens (including phenoxy) is 2. The highest BCUT2D eigenvalue weighted by Crippen LogP contribution is 2.29. The van der Waals surface area contributed by atoms with E-state index in [1.54, 1.807) is 18.2 Å². The Morgan fingerprint density at radius 1 is 1.04 bits per heavy atom. The molecule has 0 aliphatic rings. The van der Waals surface area contributed by atoms with E-state index in [4.69, 9.17) is 32.7 Å². The Kier molecular flexibility index (Phi) is 7.10. The molecule has 0 atom stereocenters. The fourth-order valence-corrected chi connectivity index (χ4v) is 2.39. The van der Waals surface area contributed by atoms with Gasteiger partial charge in [-0.05, 0) is 31.2 Å². The van der Waals surface area contributed by atoms with Gasteiger partial charge in [0.25, 0.3) is 5.91 Å². The molecule has 25 heavy (non-hydrogen) atoms. The second-order valence-corrected chi connectivity index (χ2v) is 6.03. The molecule has 0 fully saturated rings. The van der Waals surface area contributed by atoms with Crippen molar-refractivity contribution in [3.05, 3.63) is 58.1 Å². The molecule has 0 unspecified atom stereocenters. The van der Waals surface area contributed by atoms with E-state index in [0.29, 0.717) is 15.8 Å². The van der Waals surface area contributed by atoms with Crippen LogP contribution in [0.25, 0.3) is 0 Å². The highest BCUT2D eigenvalue weighted by Gasteiger charge is 2.12. The predicted octanol–water partition coefficient (Wildman–Crippen LogP) is 4.25. The number of aryl methyl sites for hydroxylation is 1. The van der Waals surface area contributed by atoms with Gasteiger partial charge < -0.3 is 14.8 Å². The molecule has 7 heteroatoms. The summed E-state index contributed by atoms with van der Waals surface area (Å²) in [6.45, 7) is 1.72. The number of carbonyl (C=O) groups excluding carboxylic acids is 2. The normalized spacial score (nSPS) is 10.2. The quantitative estimate of drug-likeness (QED) is 0.727. The maximum absolute atomic E-state index is 11.8. The molecule has 1 amide bonds. The number of amides is 1. The van der Waals surface area contributed by atoms with Crippen LogP contribution in [0.4, 0.5) is 5.69 Å². The molecular formula is C18H17Cl2NO4. The third kappa shape index (κ3) is 6.29. The summed E-state index contributed by atoms with van der Waals surface area (Å²) in [7, 11) is 0. The number of anilines is 1. The van der Waals surface area contributed by atoms with Crippen molar-refractivity contribution in [1.82, 2.24) is 0 Å². The first-order valence-electron chi connectivity index (χ1n) is 7.54. The van der Waals surface area contributed by atoms with Crippen molar-refractivity contribution in [3.63, 3.8) is 0 Å². The Balaban J connectivity index is 1.70. The van der Waals surface area contributed by atoms with E-state index in [9.17, 15) is 9.59 Å². The summed E-state index contributed by atoms with van der Waals surface area (Å²) in [5.41, 5.74) is 1.41. The van der Waals surface area contributed by atoms with Crippen LogP contribution in [0, 0.1) is 6.92 Å². The van der Waals surface area contributed by atoms with Gasteiger partial charge >= 0.3 is 5.97 Å². The number of carbonyl (C=O) groups is 2. The first-order valence-corrected chi connectivity index (χ1v) is 8.30. The lowest BCUT2D eigenvalue weighted by Gasteiger charge is -2.10. The molecule has 0 aliphatic carbocycles. The topological polar surface area (TPSA) is 64.6 Å². The van der Waals surface area contributed by atoms with Crippen LogP contribution >= 0.6 is 23.2 Å². The number of rotatable bonds is 7. The summed E-state index contributed by atoms with van der Waals surface area (Å²) in [5.74, 6) is -0.389. The van der Waals surface area contributed by atoms with Crippen LogP contribution < -0.4 is 10.1 Å². The van der Waals surface area contributed by atoms with Gasteiger partial charge in [-0.3, -0.25) is 9.59 Å². The van der Waals surface area contributed by atoms with Crippen LogP contribution in [0.3, 0.4) is 0 Å². The van der Waals surface area contributed by atoms with Crippen molar-refractivity contribution in [1.29, 1.82) is 0 Å². The van der Waals surface area contributed by atoms with Crippen LogP contribution in [0.1, 0.15) is 12.0 Å². The highest BCUT2D eigenvalue weighted by atomic mass is 35.5. The van der Waals surface area contributed by atoms with E-state index in [0.717, 1.165) is 5.56 Å². The summed E-state index contributed by atoms with van der Waals surface area (Å²) in [4.78, 5) is 23.5. The molecule has 0 heterocycles. The van der Waals surface area contributed by atoms with E-state index in [-0.39, 0.29) is 18.7 Å². The van der Waals surface area contributed by atoms with Gasteiger partial charge in [-0.25, -0.2) is 0 Å². The average Bonchev–Trinajstić information content (AvgIpc) is 2.58. The zero-order chi connectivity index (χ0) is 18.2. The molecule has 0 saturated heterocycles. The lowest BCUT2D eigenvalue weighted by atomic mass is 10.2. The summed E-state index contributed by atoms with van der Waals surface area (Å²) in [6, 6.07) is 12.3. The van der Waals surface area contributed by atoms with E-state index >= 15 is 0 Å². The molecule has 0 aromatic heterocycles. The smallest absolute Gasteiger partial charge is 0.309 e. The van der Waals surface area contributed by atoms with Gasteiger partial charge in [0.05, 0.1) is 28.8 Å². The number of para-hydroxylation sites is 1. The number of hydrogen-bond acceptors (Lipinski definition) is 4. The number of benzene rings is 2. The highest BCUT2D eigenvalue weighted by molar-refractivity contribution is 6.39. The Labute approximate surface area is 155 Å². The fourth-order valence-electron chi connectivity index (χ4n) is 1.90. The van der Waals surface area contributed by atoms with E-state index < -0.39 is 18.5 Å². The first kappa shape index (κ1) is 19.1. The number of hydrogen-bond donors (Lipinski definition) is 1. The third-order valence-corrected chi connectivity index (χ3v) is 3.82. The van der Waals surface area contributed by atoms with Crippen molar-refractivity contribution in [2.75, 3.05) is 18.5 Å². The Morgan fingerprint density at radius 3 is 2.32 bits per heavy atom. The Hall–Kier alpha value is -2.24. The Morgan fingerprint density at radius 2 is 1.68 bits per heavy atom. The van der Waals surface area contributed by atoms with Gasteiger partial charge in [-0.2, -0.15) is 0 Å². The number of nitrogens with one attached hydrogen (secondary N) is 1. The van der Waals surface area contributed by atoms with Gasteiger partial charge in [-0.1, -0.05) is 47.0 Å². The third-order valence-electron chi connectivity index (χ3n) is 3.19. The second kappa shape index (κ2) is 9.30. The molecule has 0 radical (unpaired) electrons. The zero-order valence-electron chi connectivity index (χ0n) is 13.6. The number of halogens is 2. The largest absolute Gasteiger partial charge is 0.493 e. The van der Waals surface area contributed by atoms with Crippen LogP contribution in [-0.4, -0.2) is 25.1 Å². The minimum Gasteiger partial charge on any atom is -0.493 e. The molecule has 1 N–H and O–H groups in total. The molecule has 2 aromatic carbocycles. The molecule has 5 nitrogen and oxygen atoms in total. The van der Waals surface area contributed by atoms with E-state index in [2.05, 4.69) is 5.32 Å². The maximum atomic E-state index is 11.8. The van der Waals surface area contributed by atoms with Crippen molar-refractivity contribution in [3.8, 4) is 5.75 Å². The average molecular weight is 382 g/mol. The summed E-state index contributed by atoms with van der Waals surface area (Å²) in [5, 5.41) is 3.12. The van der Waals surface area contributed by atoms with Crippen LogP contribution in [0.15, 0.2) is 42.5 Å². The molecule has 0 spiro atoms. The lowest BCUT2D eigenvalue weighted by Crippen LogP contribution is -2.22.